The van der Waals surface area contributed by atoms with Gasteiger partial charge in [-0.3, -0.25) is 4.79 Å². The summed E-state index contributed by atoms with van der Waals surface area (Å²) in [5, 5.41) is 0. The van der Waals surface area contributed by atoms with Crippen LogP contribution in [0.25, 0.3) is 0 Å². The van der Waals surface area contributed by atoms with E-state index in [9.17, 15) is 4.79 Å². The highest BCUT2D eigenvalue weighted by Crippen LogP contribution is 2.46. The van der Waals surface area contributed by atoms with Crippen LogP contribution in [-0.2, 0) is 11.2 Å². The maximum absolute atomic E-state index is 12.6. The van der Waals surface area contributed by atoms with E-state index < -0.39 is 0 Å². The molecule has 2 aliphatic heterocycles. The van der Waals surface area contributed by atoms with Crippen molar-refractivity contribution in [2.75, 3.05) is 19.1 Å². The maximum atomic E-state index is 12.6. The molecule has 0 unspecified atom stereocenters. The molecular formula is C19H19NO3. The number of fused-ring (bicyclic) bond motifs is 3. The van der Waals surface area contributed by atoms with Crippen molar-refractivity contribution < 1.29 is 14.3 Å². The van der Waals surface area contributed by atoms with Crippen molar-refractivity contribution in [3.63, 3.8) is 0 Å². The molecule has 4 nitrogen and oxygen atoms in total. The summed E-state index contributed by atoms with van der Waals surface area (Å²) in [6.45, 7) is 0. The summed E-state index contributed by atoms with van der Waals surface area (Å²) in [4.78, 5) is 14.6. The van der Waals surface area contributed by atoms with E-state index in [1.807, 2.05) is 41.3 Å². The average Bonchev–Trinajstić information content (AvgIpc) is 3.12. The molecular weight excluding hydrogens is 290 g/mol. The van der Waals surface area contributed by atoms with Crippen LogP contribution in [0, 0.1) is 0 Å². The standard InChI is InChI=1S/C19H19NO3/c1-22-14-7-13(8-15(10-14)23-2)16-11-19(21)20-17-6-4-3-5-12(17)9-18(16)20/h3-8,10,16,18H,9,11H2,1-2H3/t16-,18+/m0/s1. The number of anilines is 1. The fourth-order valence-electron chi connectivity index (χ4n) is 3.86. The van der Waals surface area contributed by atoms with Crippen molar-refractivity contribution in [2.24, 2.45) is 0 Å². The number of para-hydroxylation sites is 1. The highest BCUT2D eigenvalue weighted by Gasteiger charge is 2.45. The number of methoxy groups -OCH3 is 2. The van der Waals surface area contributed by atoms with E-state index >= 15 is 0 Å². The molecule has 0 radical (unpaired) electrons. The van der Waals surface area contributed by atoms with E-state index in [-0.39, 0.29) is 17.9 Å². The highest BCUT2D eigenvalue weighted by atomic mass is 16.5. The fraction of sp³-hybridized carbons (Fsp3) is 0.316. The first kappa shape index (κ1) is 14.1. The lowest BCUT2D eigenvalue weighted by Gasteiger charge is -2.21. The number of hydrogen-bond donors (Lipinski definition) is 0. The summed E-state index contributed by atoms with van der Waals surface area (Å²) in [7, 11) is 3.30. The molecule has 2 aromatic rings. The molecule has 1 fully saturated rings. The van der Waals surface area contributed by atoms with Crippen LogP contribution in [0.15, 0.2) is 42.5 Å². The van der Waals surface area contributed by atoms with Crippen LogP contribution in [-0.4, -0.2) is 26.2 Å². The van der Waals surface area contributed by atoms with Crippen molar-refractivity contribution >= 4 is 11.6 Å². The molecule has 0 spiro atoms. The van der Waals surface area contributed by atoms with E-state index in [4.69, 9.17) is 9.47 Å². The first-order valence-electron chi connectivity index (χ1n) is 7.84. The van der Waals surface area contributed by atoms with E-state index in [0.29, 0.717) is 6.42 Å². The Morgan fingerprint density at radius 1 is 1.00 bits per heavy atom. The molecule has 0 bridgehead atoms. The third kappa shape index (κ3) is 2.17. The average molecular weight is 309 g/mol. The minimum atomic E-state index is 0.166. The second kappa shape index (κ2) is 5.30. The first-order valence-corrected chi connectivity index (χ1v) is 7.84. The van der Waals surface area contributed by atoms with Gasteiger partial charge in [-0.25, -0.2) is 0 Å². The Morgan fingerprint density at radius 2 is 1.70 bits per heavy atom. The van der Waals surface area contributed by atoms with Crippen LogP contribution in [0.4, 0.5) is 5.69 Å². The van der Waals surface area contributed by atoms with Crippen LogP contribution in [0.5, 0.6) is 11.5 Å². The molecule has 0 N–H and O–H groups in total. The summed E-state index contributed by atoms with van der Waals surface area (Å²) in [5.74, 6) is 1.90. The number of carbonyl (C=O) groups is 1. The molecule has 2 aromatic carbocycles. The van der Waals surface area contributed by atoms with E-state index in [1.165, 1.54) is 5.56 Å². The normalized spacial score (nSPS) is 22.0. The van der Waals surface area contributed by atoms with Crippen molar-refractivity contribution in [1.82, 2.24) is 0 Å². The summed E-state index contributed by atoms with van der Waals surface area (Å²) in [6.07, 6.45) is 1.45. The van der Waals surface area contributed by atoms with Crippen LogP contribution in [0.2, 0.25) is 0 Å². The quantitative estimate of drug-likeness (QED) is 0.874. The minimum Gasteiger partial charge on any atom is -0.497 e. The van der Waals surface area contributed by atoms with Gasteiger partial charge in [0, 0.05) is 30.1 Å². The Kier molecular flexibility index (Phi) is 3.26. The molecule has 2 heterocycles. The zero-order valence-electron chi connectivity index (χ0n) is 13.3. The number of rotatable bonds is 3. The van der Waals surface area contributed by atoms with Crippen molar-refractivity contribution in [1.29, 1.82) is 0 Å². The SMILES string of the molecule is COc1cc(OC)cc([C@@H]2CC(=O)N3c4ccccc4C[C@H]23)c1. The number of amides is 1. The molecule has 1 saturated heterocycles. The topological polar surface area (TPSA) is 38.8 Å². The van der Waals surface area contributed by atoms with Gasteiger partial charge in [0.15, 0.2) is 0 Å². The Hall–Kier alpha value is -2.49. The first-order chi connectivity index (χ1) is 11.2. The Morgan fingerprint density at radius 3 is 2.39 bits per heavy atom. The largest absolute Gasteiger partial charge is 0.497 e. The number of benzene rings is 2. The van der Waals surface area contributed by atoms with Crippen molar-refractivity contribution in [2.45, 2.75) is 24.8 Å². The number of nitrogens with zero attached hydrogens (tertiary/aromatic N) is 1. The minimum absolute atomic E-state index is 0.166. The van der Waals surface area contributed by atoms with E-state index in [0.717, 1.165) is 29.2 Å². The van der Waals surface area contributed by atoms with Gasteiger partial charge in [-0.05, 0) is 35.7 Å². The van der Waals surface area contributed by atoms with Gasteiger partial charge in [-0.2, -0.15) is 0 Å². The zero-order valence-corrected chi connectivity index (χ0v) is 13.3. The third-order valence-electron chi connectivity index (χ3n) is 4.94. The molecule has 0 aromatic heterocycles. The lowest BCUT2D eigenvalue weighted by molar-refractivity contribution is -0.117. The third-order valence-corrected chi connectivity index (χ3v) is 4.94. The summed E-state index contributed by atoms with van der Waals surface area (Å²) < 4.78 is 10.8. The second-order valence-electron chi connectivity index (χ2n) is 6.12. The van der Waals surface area contributed by atoms with Gasteiger partial charge < -0.3 is 14.4 Å². The Bertz CT molecular complexity index is 749. The van der Waals surface area contributed by atoms with Gasteiger partial charge in [0.2, 0.25) is 5.91 Å². The summed E-state index contributed by atoms with van der Waals surface area (Å²) >= 11 is 0. The number of ether oxygens (including phenoxy) is 2. The summed E-state index contributed by atoms with van der Waals surface area (Å²) in [5.41, 5.74) is 3.43. The Labute approximate surface area is 135 Å². The van der Waals surface area contributed by atoms with E-state index in [2.05, 4.69) is 6.07 Å². The second-order valence-corrected chi connectivity index (χ2v) is 6.12. The lowest BCUT2D eigenvalue weighted by Crippen LogP contribution is -2.31. The number of carbonyl (C=O) groups excluding carboxylic acids is 1. The van der Waals surface area contributed by atoms with Crippen LogP contribution >= 0.6 is 0 Å². The smallest absolute Gasteiger partial charge is 0.227 e. The van der Waals surface area contributed by atoms with Gasteiger partial charge in [0.1, 0.15) is 11.5 Å². The molecule has 0 saturated carbocycles. The van der Waals surface area contributed by atoms with Crippen LogP contribution < -0.4 is 14.4 Å². The van der Waals surface area contributed by atoms with Gasteiger partial charge >= 0.3 is 0 Å². The zero-order chi connectivity index (χ0) is 16.0. The highest BCUT2D eigenvalue weighted by molar-refractivity contribution is 5.99. The molecule has 1 amide bonds. The monoisotopic (exact) mass is 309 g/mol. The maximum Gasteiger partial charge on any atom is 0.227 e. The molecule has 2 atom stereocenters. The van der Waals surface area contributed by atoms with E-state index in [1.54, 1.807) is 14.2 Å². The predicted octanol–water partition coefficient (Wildman–Crippen LogP) is 3.15. The molecule has 4 rings (SSSR count). The van der Waals surface area contributed by atoms with Crippen LogP contribution in [0.3, 0.4) is 0 Å². The Balaban J connectivity index is 1.74. The molecule has 4 heteroatoms. The molecule has 118 valence electrons. The molecule has 0 aliphatic carbocycles. The van der Waals surface area contributed by atoms with Crippen LogP contribution in [0.1, 0.15) is 23.5 Å². The predicted molar refractivity (Wildman–Crippen MR) is 88.3 cm³/mol. The van der Waals surface area contributed by atoms with Gasteiger partial charge in [-0.15, -0.1) is 0 Å². The van der Waals surface area contributed by atoms with Gasteiger partial charge in [0.05, 0.1) is 14.2 Å². The summed E-state index contributed by atoms with van der Waals surface area (Å²) in [6, 6.07) is 14.3. The van der Waals surface area contributed by atoms with Crippen molar-refractivity contribution in [3.8, 4) is 11.5 Å². The van der Waals surface area contributed by atoms with Gasteiger partial charge in [0.25, 0.3) is 0 Å². The molecule has 2 aliphatic rings. The molecule has 23 heavy (non-hydrogen) atoms. The lowest BCUT2D eigenvalue weighted by atomic mass is 9.89. The number of hydrogen-bond acceptors (Lipinski definition) is 3. The van der Waals surface area contributed by atoms with Crippen molar-refractivity contribution in [3.05, 3.63) is 53.6 Å². The fourth-order valence-corrected chi connectivity index (χ4v) is 3.86. The van der Waals surface area contributed by atoms with Gasteiger partial charge in [-0.1, -0.05) is 18.2 Å².